The molecule has 0 unspecified atom stereocenters. The number of hydrogen-bond donors (Lipinski definition) is 1. The molecule has 0 saturated heterocycles. The lowest BCUT2D eigenvalue weighted by Crippen LogP contribution is -2.14. The number of hydrogen-bond acceptors (Lipinski definition) is 3. The lowest BCUT2D eigenvalue weighted by atomic mass is 10.1. The summed E-state index contributed by atoms with van der Waals surface area (Å²) in [6, 6.07) is 0. The van der Waals surface area contributed by atoms with E-state index in [1.54, 1.807) is 20.9 Å². The van der Waals surface area contributed by atoms with E-state index in [4.69, 9.17) is 0 Å². The first-order chi connectivity index (χ1) is 7.83. The molecule has 0 fully saturated rings. The second-order valence-electron chi connectivity index (χ2n) is 3.93. The van der Waals surface area contributed by atoms with Crippen molar-refractivity contribution in [3.8, 4) is 0 Å². The number of nitrogens with one attached hydrogen (secondary N) is 1. The monoisotopic (exact) mass is 247 g/mol. The highest BCUT2D eigenvalue weighted by Gasteiger charge is 2.27. The first kappa shape index (κ1) is 13.9. The van der Waals surface area contributed by atoms with Gasteiger partial charge in [-0.3, -0.25) is 0 Å². The average molecular weight is 247 g/mol. The Labute approximate surface area is 98.5 Å². The topological polar surface area (TPSA) is 37.8 Å². The van der Waals surface area contributed by atoms with Gasteiger partial charge in [-0.2, -0.15) is 13.2 Å². The molecule has 1 rings (SSSR count). The largest absolute Gasteiger partial charge is 0.389 e. The Morgan fingerprint density at radius 1 is 1.12 bits per heavy atom. The summed E-state index contributed by atoms with van der Waals surface area (Å²) in [5, 5.41) is 2.98. The van der Waals surface area contributed by atoms with E-state index in [1.165, 1.54) is 0 Å². The fourth-order valence-electron chi connectivity index (χ4n) is 1.61. The summed E-state index contributed by atoms with van der Waals surface area (Å²) in [5.41, 5.74) is 2.43. The molecule has 17 heavy (non-hydrogen) atoms. The van der Waals surface area contributed by atoms with Crippen LogP contribution in [0.15, 0.2) is 0 Å². The van der Waals surface area contributed by atoms with Crippen LogP contribution >= 0.6 is 0 Å². The van der Waals surface area contributed by atoms with E-state index in [9.17, 15) is 13.2 Å². The summed E-state index contributed by atoms with van der Waals surface area (Å²) < 4.78 is 36.2. The molecule has 0 amide bonds. The zero-order valence-corrected chi connectivity index (χ0v) is 10.1. The summed E-state index contributed by atoms with van der Waals surface area (Å²) in [4.78, 5) is 8.21. The maximum atomic E-state index is 12.1. The van der Waals surface area contributed by atoms with Crippen LogP contribution in [0.2, 0.25) is 0 Å². The summed E-state index contributed by atoms with van der Waals surface area (Å²) in [7, 11) is 1.80. The number of halogens is 3. The second kappa shape index (κ2) is 5.44. The van der Waals surface area contributed by atoms with Crippen LogP contribution in [0.3, 0.4) is 0 Å². The van der Waals surface area contributed by atoms with E-state index < -0.39 is 12.6 Å². The van der Waals surface area contributed by atoms with Crippen molar-refractivity contribution >= 4 is 0 Å². The number of aryl methyl sites for hydroxylation is 3. The molecule has 6 heteroatoms. The molecule has 0 radical (unpaired) electrons. The highest BCUT2D eigenvalue weighted by molar-refractivity contribution is 5.24. The minimum absolute atomic E-state index is 0.162. The molecular weight excluding hydrogens is 231 g/mol. The molecule has 3 nitrogen and oxygen atoms in total. The lowest BCUT2D eigenvalue weighted by molar-refractivity contribution is -0.134. The molecule has 0 atom stereocenters. The first-order valence-corrected chi connectivity index (χ1v) is 5.38. The molecular formula is C11H16F3N3. The molecule has 96 valence electrons. The molecule has 1 aromatic heterocycles. The third kappa shape index (κ3) is 4.30. The Balaban J connectivity index is 2.83. The van der Waals surface area contributed by atoms with Gasteiger partial charge in [0.25, 0.3) is 0 Å². The third-order valence-corrected chi connectivity index (χ3v) is 2.45. The fourth-order valence-corrected chi connectivity index (χ4v) is 1.61. The molecule has 0 aliphatic carbocycles. The summed E-state index contributed by atoms with van der Waals surface area (Å²) in [6.07, 6.45) is -5.20. The zero-order chi connectivity index (χ0) is 13.1. The molecule has 1 N–H and O–H groups in total. The van der Waals surface area contributed by atoms with Gasteiger partial charge in [0, 0.05) is 29.9 Å². The van der Waals surface area contributed by atoms with Crippen LogP contribution in [0.25, 0.3) is 0 Å². The zero-order valence-electron chi connectivity index (χ0n) is 10.1. The second-order valence-corrected chi connectivity index (χ2v) is 3.93. The van der Waals surface area contributed by atoms with Gasteiger partial charge in [-0.1, -0.05) is 0 Å². The van der Waals surface area contributed by atoms with E-state index in [1.807, 2.05) is 0 Å². The minimum Gasteiger partial charge on any atom is -0.316 e. The minimum atomic E-state index is -4.16. The van der Waals surface area contributed by atoms with Crippen molar-refractivity contribution in [1.29, 1.82) is 0 Å². The van der Waals surface area contributed by atoms with Crippen LogP contribution < -0.4 is 5.32 Å². The maximum absolute atomic E-state index is 12.1. The van der Waals surface area contributed by atoms with Gasteiger partial charge in [-0.05, 0) is 20.9 Å². The average Bonchev–Trinajstić information content (AvgIpc) is 2.19. The number of rotatable bonds is 4. The maximum Gasteiger partial charge on any atom is 0.389 e. The van der Waals surface area contributed by atoms with E-state index >= 15 is 0 Å². The summed E-state index contributed by atoms with van der Waals surface area (Å²) >= 11 is 0. The Hall–Kier alpha value is -1.17. The Morgan fingerprint density at radius 3 is 2.06 bits per heavy atom. The van der Waals surface area contributed by atoms with Crippen LogP contribution in [-0.4, -0.2) is 23.2 Å². The summed E-state index contributed by atoms with van der Waals surface area (Å²) in [6.45, 7) is 4.20. The first-order valence-electron chi connectivity index (χ1n) is 5.38. The van der Waals surface area contributed by atoms with Gasteiger partial charge in [0.2, 0.25) is 0 Å². The van der Waals surface area contributed by atoms with E-state index in [2.05, 4.69) is 15.3 Å². The van der Waals surface area contributed by atoms with Crippen LogP contribution in [0.1, 0.15) is 29.2 Å². The van der Waals surface area contributed by atoms with Crippen molar-refractivity contribution in [3.63, 3.8) is 0 Å². The van der Waals surface area contributed by atoms with Gasteiger partial charge in [-0.15, -0.1) is 0 Å². The van der Waals surface area contributed by atoms with Crippen molar-refractivity contribution in [3.05, 3.63) is 22.8 Å². The highest BCUT2D eigenvalue weighted by Crippen LogP contribution is 2.21. The molecule has 0 bridgehead atoms. The third-order valence-electron chi connectivity index (χ3n) is 2.45. The van der Waals surface area contributed by atoms with Gasteiger partial charge in [0.05, 0.1) is 6.42 Å². The quantitative estimate of drug-likeness (QED) is 0.887. The van der Waals surface area contributed by atoms with Crippen molar-refractivity contribution in [2.45, 2.75) is 39.4 Å². The molecule has 0 saturated carbocycles. The van der Waals surface area contributed by atoms with Gasteiger partial charge >= 0.3 is 6.18 Å². The van der Waals surface area contributed by atoms with Gasteiger partial charge < -0.3 is 5.32 Å². The SMILES string of the molecule is CNCc1c(C)nc(CCC(F)(F)F)nc1C. The molecule has 0 spiro atoms. The van der Waals surface area contributed by atoms with Crippen LogP contribution in [0.5, 0.6) is 0 Å². The van der Waals surface area contributed by atoms with Crippen LogP contribution in [-0.2, 0) is 13.0 Å². The Bertz CT molecular complexity index is 365. The van der Waals surface area contributed by atoms with E-state index in [0.29, 0.717) is 6.54 Å². The lowest BCUT2D eigenvalue weighted by Gasteiger charge is -2.11. The number of alkyl halides is 3. The standard InChI is InChI=1S/C11H16F3N3/c1-7-9(6-15-3)8(2)17-10(16-7)4-5-11(12,13)14/h15H,4-6H2,1-3H3. The molecule has 0 aromatic carbocycles. The summed E-state index contributed by atoms with van der Waals surface area (Å²) in [5.74, 6) is 0.261. The molecule has 1 aromatic rings. The number of aromatic nitrogens is 2. The Morgan fingerprint density at radius 2 is 1.65 bits per heavy atom. The Kier molecular flexibility index (Phi) is 4.45. The van der Waals surface area contributed by atoms with Crippen molar-refractivity contribution < 1.29 is 13.2 Å². The van der Waals surface area contributed by atoms with Gasteiger partial charge in [0.1, 0.15) is 5.82 Å². The van der Waals surface area contributed by atoms with E-state index in [0.717, 1.165) is 17.0 Å². The molecule has 1 heterocycles. The van der Waals surface area contributed by atoms with Crippen molar-refractivity contribution in [2.24, 2.45) is 0 Å². The predicted molar refractivity (Wildman–Crippen MR) is 58.6 cm³/mol. The van der Waals surface area contributed by atoms with E-state index in [-0.39, 0.29) is 12.2 Å². The smallest absolute Gasteiger partial charge is 0.316 e. The van der Waals surface area contributed by atoms with Crippen LogP contribution in [0.4, 0.5) is 13.2 Å². The van der Waals surface area contributed by atoms with Crippen LogP contribution in [0, 0.1) is 13.8 Å². The molecule has 0 aliphatic heterocycles. The fraction of sp³-hybridized carbons (Fsp3) is 0.636. The normalized spacial score (nSPS) is 11.9. The number of nitrogens with zero attached hydrogens (tertiary/aromatic N) is 2. The van der Waals surface area contributed by atoms with Gasteiger partial charge in [-0.25, -0.2) is 9.97 Å². The predicted octanol–water partition coefficient (Wildman–Crippen LogP) is 2.31. The van der Waals surface area contributed by atoms with Gasteiger partial charge in [0.15, 0.2) is 0 Å². The molecule has 0 aliphatic rings. The highest BCUT2D eigenvalue weighted by atomic mass is 19.4. The van der Waals surface area contributed by atoms with Crippen molar-refractivity contribution in [2.75, 3.05) is 7.05 Å². The van der Waals surface area contributed by atoms with Crippen molar-refractivity contribution in [1.82, 2.24) is 15.3 Å².